The number of rotatable bonds is 3. The number of hydrogen-bond acceptors (Lipinski definition) is 2. The van der Waals surface area contributed by atoms with Gasteiger partial charge in [0.2, 0.25) is 0 Å². The van der Waals surface area contributed by atoms with Crippen molar-refractivity contribution >= 4 is 44.4 Å². The van der Waals surface area contributed by atoms with E-state index in [0.717, 1.165) is 20.9 Å². The molecule has 3 N–H and O–H groups in total. The largest absolute Gasteiger partial charge is 0.350 e. The predicted octanol–water partition coefficient (Wildman–Crippen LogP) is 2.66. The molecule has 0 radical (unpaired) electrons. The summed E-state index contributed by atoms with van der Waals surface area (Å²) >= 11 is 5.54. The third-order valence-corrected chi connectivity index (χ3v) is 4.56. The highest BCUT2D eigenvalue weighted by atomic mass is 127. The minimum absolute atomic E-state index is 0.0487. The SMILES string of the molecule is NC1(CNC(=O)c2cc(Br)ccc2I)CCC1. The molecular formula is C12H14BrIN2O. The van der Waals surface area contributed by atoms with Gasteiger partial charge in [0.15, 0.2) is 0 Å². The van der Waals surface area contributed by atoms with Crippen LogP contribution in [-0.2, 0) is 0 Å². The van der Waals surface area contributed by atoms with Crippen LogP contribution in [0.25, 0.3) is 0 Å². The Morgan fingerprint density at radius 2 is 2.24 bits per heavy atom. The number of nitrogens with two attached hydrogens (primary N) is 1. The van der Waals surface area contributed by atoms with Gasteiger partial charge in [-0.05, 0) is 60.1 Å². The van der Waals surface area contributed by atoms with Gasteiger partial charge in [-0.25, -0.2) is 0 Å². The minimum atomic E-state index is -0.174. The first-order valence-corrected chi connectivity index (χ1v) is 7.39. The van der Waals surface area contributed by atoms with E-state index >= 15 is 0 Å². The fourth-order valence-corrected chi connectivity index (χ4v) is 2.77. The van der Waals surface area contributed by atoms with Crippen molar-refractivity contribution in [2.24, 2.45) is 5.73 Å². The van der Waals surface area contributed by atoms with E-state index in [1.807, 2.05) is 18.2 Å². The van der Waals surface area contributed by atoms with Gasteiger partial charge in [0.1, 0.15) is 0 Å². The van der Waals surface area contributed by atoms with Crippen molar-refractivity contribution in [2.45, 2.75) is 24.8 Å². The molecule has 1 saturated carbocycles. The molecule has 1 aromatic carbocycles. The van der Waals surface area contributed by atoms with E-state index < -0.39 is 0 Å². The average molecular weight is 409 g/mol. The highest BCUT2D eigenvalue weighted by Gasteiger charge is 2.32. The number of carbonyl (C=O) groups excluding carboxylic acids is 1. The van der Waals surface area contributed by atoms with Crippen LogP contribution in [0.15, 0.2) is 22.7 Å². The van der Waals surface area contributed by atoms with Crippen molar-refractivity contribution in [1.29, 1.82) is 0 Å². The summed E-state index contributed by atoms with van der Waals surface area (Å²) in [6, 6.07) is 5.68. The normalized spacial score (nSPS) is 17.4. The molecule has 1 aromatic rings. The van der Waals surface area contributed by atoms with Gasteiger partial charge in [0.25, 0.3) is 5.91 Å². The Bertz CT molecular complexity index is 446. The molecular weight excluding hydrogens is 395 g/mol. The van der Waals surface area contributed by atoms with Crippen molar-refractivity contribution in [3.05, 3.63) is 31.8 Å². The second-order valence-corrected chi connectivity index (χ2v) is 6.60. The fraction of sp³-hybridized carbons (Fsp3) is 0.417. The summed E-state index contributed by atoms with van der Waals surface area (Å²) in [7, 11) is 0. The molecule has 0 aromatic heterocycles. The van der Waals surface area contributed by atoms with Gasteiger partial charge in [-0.15, -0.1) is 0 Å². The van der Waals surface area contributed by atoms with E-state index in [1.165, 1.54) is 6.42 Å². The van der Waals surface area contributed by atoms with Gasteiger partial charge in [0.05, 0.1) is 5.56 Å². The second-order valence-electron chi connectivity index (χ2n) is 4.52. The Kier molecular flexibility index (Phi) is 4.10. The minimum Gasteiger partial charge on any atom is -0.350 e. The van der Waals surface area contributed by atoms with E-state index in [4.69, 9.17) is 5.73 Å². The van der Waals surface area contributed by atoms with Gasteiger partial charge >= 0.3 is 0 Å². The average Bonchev–Trinajstić information content (AvgIpc) is 2.26. The van der Waals surface area contributed by atoms with Crippen LogP contribution in [0.4, 0.5) is 0 Å². The first kappa shape index (κ1) is 13.3. The zero-order valence-electron chi connectivity index (χ0n) is 9.30. The smallest absolute Gasteiger partial charge is 0.252 e. The van der Waals surface area contributed by atoms with Crippen LogP contribution in [0, 0.1) is 3.57 Å². The van der Waals surface area contributed by atoms with Crippen molar-refractivity contribution in [3.8, 4) is 0 Å². The highest BCUT2D eigenvalue weighted by Crippen LogP contribution is 2.28. The zero-order valence-corrected chi connectivity index (χ0v) is 13.0. The Hall–Kier alpha value is -0.140. The second kappa shape index (κ2) is 5.24. The lowest BCUT2D eigenvalue weighted by Gasteiger charge is -2.38. The molecule has 0 saturated heterocycles. The third kappa shape index (κ3) is 3.20. The van der Waals surface area contributed by atoms with Crippen LogP contribution in [0.2, 0.25) is 0 Å². The van der Waals surface area contributed by atoms with Crippen LogP contribution in [0.1, 0.15) is 29.6 Å². The number of halogens is 2. The van der Waals surface area contributed by atoms with Crippen molar-refractivity contribution in [1.82, 2.24) is 5.32 Å². The molecule has 1 fully saturated rings. The number of carbonyl (C=O) groups is 1. The Balaban J connectivity index is 2.01. The number of hydrogen-bond donors (Lipinski definition) is 2. The van der Waals surface area contributed by atoms with Gasteiger partial charge in [-0.2, -0.15) is 0 Å². The molecule has 92 valence electrons. The van der Waals surface area contributed by atoms with Crippen LogP contribution in [-0.4, -0.2) is 18.0 Å². The first-order chi connectivity index (χ1) is 8.00. The number of amides is 1. The monoisotopic (exact) mass is 408 g/mol. The molecule has 0 bridgehead atoms. The molecule has 1 aliphatic carbocycles. The Morgan fingerprint density at radius 1 is 1.53 bits per heavy atom. The standard InChI is InChI=1S/C12H14BrIN2O/c13-8-2-3-10(14)9(6-8)11(17)16-7-12(15)4-1-5-12/h2-3,6H,1,4-5,7,15H2,(H,16,17). The van der Waals surface area contributed by atoms with E-state index in [-0.39, 0.29) is 11.4 Å². The number of nitrogens with one attached hydrogen (secondary N) is 1. The molecule has 2 rings (SSSR count). The summed E-state index contributed by atoms with van der Waals surface area (Å²) in [5, 5.41) is 2.92. The summed E-state index contributed by atoms with van der Waals surface area (Å²) in [5.74, 6) is -0.0487. The Labute approximate surface area is 123 Å². The summed E-state index contributed by atoms with van der Waals surface area (Å²) in [6.07, 6.45) is 3.17. The summed E-state index contributed by atoms with van der Waals surface area (Å²) in [4.78, 5) is 12.0. The quantitative estimate of drug-likeness (QED) is 0.755. The van der Waals surface area contributed by atoms with Crippen molar-refractivity contribution in [3.63, 3.8) is 0 Å². The number of benzene rings is 1. The van der Waals surface area contributed by atoms with Crippen LogP contribution in [0.5, 0.6) is 0 Å². The summed E-state index contributed by atoms with van der Waals surface area (Å²) in [5.41, 5.74) is 6.59. The Morgan fingerprint density at radius 3 is 2.82 bits per heavy atom. The maximum absolute atomic E-state index is 12.0. The molecule has 0 unspecified atom stereocenters. The van der Waals surface area contributed by atoms with Crippen molar-refractivity contribution in [2.75, 3.05) is 6.54 Å². The lowest BCUT2D eigenvalue weighted by Crippen LogP contribution is -2.55. The maximum Gasteiger partial charge on any atom is 0.252 e. The molecule has 17 heavy (non-hydrogen) atoms. The van der Waals surface area contributed by atoms with Gasteiger partial charge < -0.3 is 11.1 Å². The third-order valence-electron chi connectivity index (χ3n) is 3.12. The van der Waals surface area contributed by atoms with Crippen LogP contribution in [0.3, 0.4) is 0 Å². The topological polar surface area (TPSA) is 55.1 Å². The molecule has 1 aliphatic rings. The van der Waals surface area contributed by atoms with Gasteiger partial charge in [-0.3, -0.25) is 4.79 Å². The first-order valence-electron chi connectivity index (χ1n) is 5.52. The summed E-state index contributed by atoms with van der Waals surface area (Å²) in [6.45, 7) is 0.564. The lowest BCUT2D eigenvalue weighted by atomic mass is 9.78. The summed E-state index contributed by atoms with van der Waals surface area (Å²) < 4.78 is 1.86. The molecule has 0 spiro atoms. The van der Waals surface area contributed by atoms with Crippen LogP contribution < -0.4 is 11.1 Å². The highest BCUT2D eigenvalue weighted by molar-refractivity contribution is 14.1. The van der Waals surface area contributed by atoms with Gasteiger partial charge in [0, 0.05) is 20.1 Å². The van der Waals surface area contributed by atoms with E-state index in [1.54, 1.807) is 0 Å². The molecule has 1 amide bonds. The van der Waals surface area contributed by atoms with Crippen LogP contribution >= 0.6 is 38.5 Å². The maximum atomic E-state index is 12.0. The van der Waals surface area contributed by atoms with Crippen molar-refractivity contribution < 1.29 is 4.79 Å². The van der Waals surface area contributed by atoms with E-state index in [2.05, 4.69) is 43.8 Å². The van der Waals surface area contributed by atoms with Gasteiger partial charge in [-0.1, -0.05) is 15.9 Å². The molecule has 0 atom stereocenters. The predicted molar refractivity (Wildman–Crippen MR) is 80.0 cm³/mol. The zero-order chi connectivity index (χ0) is 12.5. The molecule has 0 aliphatic heterocycles. The van der Waals surface area contributed by atoms with E-state index in [9.17, 15) is 4.79 Å². The molecule has 5 heteroatoms. The molecule has 0 heterocycles. The molecule has 3 nitrogen and oxygen atoms in total. The lowest BCUT2D eigenvalue weighted by molar-refractivity contribution is 0.0929. The van der Waals surface area contributed by atoms with E-state index in [0.29, 0.717) is 12.1 Å². The fourth-order valence-electron chi connectivity index (χ4n) is 1.83.